The van der Waals surface area contributed by atoms with Crippen LogP contribution in [0.2, 0.25) is 0 Å². The molecule has 2 aliphatic heterocycles. The molecule has 2 aliphatic rings. The molecule has 0 saturated carbocycles. The summed E-state index contributed by atoms with van der Waals surface area (Å²) < 4.78 is 17.9. The van der Waals surface area contributed by atoms with Crippen LogP contribution in [-0.2, 0) is 18.8 Å². The van der Waals surface area contributed by atoms with Gasteiger partial charge in [0.05, 0.1) is 17.8 Å². The van der Waals surface area contributed by atoms with Gasteiger partial charge in [-0.2, -0.15) is 0 Å². The highest BCUT2D eigenvalue weighted by Crippen LogP contribution is 2.38. The quantitative estimate of drug-likeness (QED) is 0.694. The van der Waals surface area contributed by atoms with E-state index < -0.39 is 7.12 Å². The second kappa shape index (κ2) is 5.25. The molecule has 0 bridgehead atoms. The number of amides is 1. The topological polar surface area (TPSA) is 48.0 Å². The number of ether oxygens (including phenoxy) is 1. The summed E-state index contributed by atoms with van der Waals surface area (Å²) in [5, 5.41) is 0. The number of nitrogens with zero attached hydrogens (tertiary/aromatic N) is 1. The number of rotatable bonds is 1. The maximum atomic E-state index is 12.4. The molecule has 120 valence electrons. The van der Waals surface area contributed by atoms with Gasteiger partial charge in [0.1, 0.15) is 6.00 Å². The molecule has 6 heteroatoms. The van der Waals surface area contributed by atoms with Gasteiger partial charge in [-0.25, -0.2) is 0 Å². The number of carbonyl (C=O) groups is 1. The van der Waals surface area contributed by atoms with Gasteiger partial charge in [0.2, 0.25) is 5.91 Å². The Labute approximate surface area is 128 Å². The lowest BCUT2D eigenvalue weighted by atomic mass is 9.79. The third-order valence-corrected chi connectivity index (χ3v) is 4.60. The molecule has 1 atom stereocenters. The summed E-state index contributed by atoms with van der Waals surface area (Å²) in [5.41, 5.74) is -1.13. The van der Waals surface area contributed by atoms with Crippen molar-refractivity contribution in [2.45, 2.75) is 65.7 Å². The zero-order valence-corrected chi connectivity index (χ0v) is 14.4. The van der Waals surface area contributed by atoms with Crippen LogP contribution < -0.4 is 0 Å². The van der Waals surface area contributed by atoms with Gasteiger partial charge in [0.15, 0.2) is 0 Å². The smallest absolute Gasteiger partial charge is 0.402 e. The lowest BCUT2D eigenvalue weighted by Crippen LogP contribution is -2.54. The van der Waals surface area contributed by atoms with Crippen molar-refractivity contribution in [2.75, 3.05) is 19.7 Å². The molecule has 0 aliphatic carbocycles. The van der Waals surface area contributed by atoms with Crippen molar-refractivity contribution in [3.8, 4) is 0 Å². The molecule has 5 nitrogen and oxygen atoms in total. The Bertz CT molecular complexity index is 400. The minimum atomic E-state index is -0.425. The normalized spacial score (nSPS) is 28.8. The highest BCUT2D eigenvalue weighted by atomic mass is 16.7. The van der Waals surface area contributed by atoms with Gasteiger partial charge in [-0.1, -0.05) is 20.8 Å². The Hall–Kier alpha value is -0.585. The maximum absolute atomic E-state index is 12.4. The summed E-state index contributed by atoms with van der Waals surface area (Å²) in [5.74, 6) is 0.146. The second-order valence-corrected chi connectivity index (χ2v) is 8.04. The molecular weight excluding hydrogens is 269 g/mol. The summed E-state index contributed by atoms with van der Waals surface area (Å²) in [6.07, 6.45) is 0. The van der Waals surface area contributed by atoms with Crippen LogP contribution in [0.25, 0.3) is 0 Å². The molecular formula is C15H28BNO4. The molecule has 0 N–H and O–H groups in total. The molecule has 2 heterocycles. The predicted molar refractivity (Wildman–Crippen MR) is 81.9 cm³/mol. The molecule has 21 heavy (non-hydrogen) atoms. The second-order valence-electron chi connectivity index (χ2n) is 8.04. The first-order valence-electron chi connectivity index (χ1n) is 7.71. The first-order valence-corrected chi connectivity index (χ1v) is 7.71. The molecule has 2 saturated heterocycles. The number of hydrogen-bond acceptors (Lipinski definition) is 4. The standard InChI is InChI=1S/C15H28BNO4/c1-13(2,3)12(18)17-8-9-19-11(10-17)16-20-14(4,5)15(6,7)21-16/h11H,8-10H2,1-7H3. The number of hydrogen-bond donors (Lipinski definition) is 0. The first-order chi connectivity index (χ1) is 9.44. The third kappa shape index (κ3) is 3.27. The molecule has 0 spiro atoms. The van der Waals surface area contributed by atoms with Crippen molar-refractivity contribution < 1.29 is 18.8 Å². The fraction of sp³-hybridized carbons (Fsp3) is 0.933. The lowest BCUT2D eigenvalue weighted by Gasteiger charge is -2.37. The Balaban J connectivity index is 2.05. The van der Waals surface area contributed by atoms with E-state index in [4.69, 9.17) is 14.0 Å². The van der Waals surface area contributed by atoms with E-state index in [1.807, 2.05) is 53.4 Å². The van der Waals surface area contributed by atoms with E-state index in [-0.39, 0.29) is 28.5 Å². The van der Waals surface area contributed by atoms with Crippen molar-refractivity contribution >= 4 is 13.0 Å². The fourth-order valence-corrected chi connectivity index (χ4v) is 2.54. The van der Waals surface area contributed by atoms with Gasteiger partial charge in [-0.05, 0) is 27.7 Å². The van der Waals surface area contributed by atoms with E-state index in [0.29, 0.717) is 19.7 Å². The van der Waals surface area contributed by atoms with Crippen LogP contribution in [0.3, 0.4) is 0 Å². The van der Waals surface area contributed by atoms with Crippen LogP contribution in [0.1, 0.15) is 48.5 Å². The van der Waals surface area contributed by atoms with Crippen LogP contribution in [-0.4, -0.2) is 54.8 Å². The largest absolute Gasteiger partial charge is 0.490 e. The Morgan fingerprint density at radius 1 is 1.14 bits per heavy atom. The van der Waals surface area contributed by atoms with Gasteiger partial charge in [0.25, 0.3) is 0 Å². The highest BCUT2D eigenvalue weighted by molar-refractivity contribution is 6.47. The Morgan fingerprint density at radius 2 is 1.67 bits per heavy atom. The maximum Gasteiger partial charge on any atom is 0.490 e. The van der Waals surface area contributed by atoms with Crippen molar-refractivity contribution in [2.24, 2.45) is 5.41 Å². The summed E-state index contributed by atoms with van der Waals surface area (Å²) >= 11 is 0. The molecule has 2 rings (SSSR count). The van der Waals surface area contributed by atoms with Crippen LogP contribution in [0.15, 0.2) is 0 Å². The first kappa shape index (κ1) is 16.8. The van der Waals surface area contributed by atoms with Crippen LogP contribution in [0.5, 0.6) is 0 Å². The molecule has 1 amide bonds. The SMILES string of the molecule is CC(C)(C)C(=O)N1CCOC(B2OC(C)(C)C(C)(C)O2)C1. The van der Waals surface area contributed by atoms with E-state index in [1.165, 1.54) is 0 Å². The third-order valence-electron chi connectivity index (χ3n) is 4.60. The van der Waals surface area contributed by atoms with Crippen LogP contribution in [0, 0.1) is 5.41 Å². The fourth-order valence-electron chi connectivity index (χ4n) is 2.54. The van der Waals surface area contributed by atoms with E-state index in [1.54, 1.807) is 0 Å². The van der Waals surface area contributed by atoms with E-state index >= 15 is 0 Å². The average Bonchev–Trinajstić information content (AvgIpc) is 2.57. The number of morpholine rings is 1. The van der Waals surface area contributed by atoms with Crippen molar-refractivity contribution in [1.29, 1.82) is 0 Å². The van der Waals surface area contributed by atoms with Gasteiger partial charge < -0.3 is 18.9 Å². The zero-order valence-electron chi connectivity index (χ0n) is 14.4. The van der Waals surface area contributed by atoms with Crippen LogP contribution in [0.4, 0.5) is 0 Å². The molecule has 0 radical (unpaired) electrons. The lowest BCUT2D eigenvalue weighted by molar-refractivity contribution is -0.145. The average molecular weight is 297 g/mol. The Kier molecular flexibility index (Phi) is 4.19. The van der Waals surface area contributed by atoms with Crippen molar-refractivity contribution in [3.63, 3.8) is 0 Å². The minimum Gasteiger partial charge on any atom is -0.402 e. The molecule has 2 fully saturated rings. The summed E-state index contributed by atoms with van der Waals surface area (Å²) in [4.78, 5) is 14.3. The zero-order chi connectivity index (χ0) is 16.1. The molecule has 0 aromatic rings. The predicted octanol–water partition coefficient (Wildman–Crippen LogP) is 1.89. The molecule has 0 aromatic heterocycles. The van der Waals surface area contributed by atoms with E-state index in [0.717, 1.165) is 0 Å². The van der Waals surface area contributed by atoms with Gasteiger partial charge in [-0.15, -0.1) is 0 Å². The summed E-state index contributed by atoms with van der Waals surface area (Å²) in [6, 6.07) is -0.230. The van der Waals surface area contributed by atoms with Crippen LogP contribution >= 0.6 is 0 Å². The van der Waals surface area contributed by atoms with Gasteiger partial charge in [-0.3, -0.25) is 4.79 Å². The summed E-state index contributed by atoms with van der Waals surface area (Å²) in [6.45, 7) is 15.6. The van der Waals surface area contributed by atoms with E-state index in [2.05, 4.69) is 0 Å². The molecule has 1 unspecified atom stereocenters. The summed E-state index contributed by atoms with van der Waals surface area (Å²) in [7, 11) is -0.425. The Morgan fingerprint density at radius 3 is 2.14 bits per heavy atom. The van der Waals surface area contributed by atoms with Crippen molar-refractivity contribution in [3.05, 3.63) is 0 Å². The molecule has 0 aromatic carbocycles. The van der Waals surface area contributed by atoms with Gasteiger partial charge >= 0.3 is 7.12 Å². The number of carbonyl (C=O) groups excluding carboxylic acids is 1. The monoisotopic (exact) mass is 297 g/mol. The van der Waals surface area contributed by atoms with Gasteiger partial charge in [0, 0.05) is 18.5 Å². The highest BCUT2D eigenvalue weighted by Gasteiger charge is 2.55. The minimum absolute atomic E-state index is 0.146. The van der Waals surface area contributed by atoms with E-state index in [9.17, 15) is 4.79 Å². The van der Waals surface area contributed by atoms with Crippen molar-refractivity contribution in [1.82, 2.24) is 4.90 Å².